The minimum atomic E-state index is -2.81. The van der Waals surface area contributed by atoms with Crippen LogP contribution in [0.15, 0.2) is 24.8 Å². The molecule has 1 nitrogen and oxygen atoms in total. The quantitative estimate of drug-likeness (QED) is 0.757. The minimum Gasteiger partial charge on any atom is -0.435 e. The first-order chi connectivity index (χ1) is 7.32. The summed E-state index contributed by atoms with van der Waals surface area (Å²) >= 11 is 0. The summed E-state index contributed by atoms with van der Waals surface area (Å²) in [5, 5.41) is 0. The van der Waals surface area contributed by atoms with Gasteiger partial charge in [-0.15, -0.1) is 0 Å². The predicted octanol–water partition coefficient (Wildman–Crippen LogP) is 3.92. The summed E-state index contributed by atoms with van der Waals surface area (Å²) < 4.78 is 28.6. The maximum absolute atomic E-state index is 12.1. The predicted molar refractivity (Wildman–Crippen MR) is 59.7 cm³/mol. The first-order valence-electron chi connectivity index (χ1n) is 4.96. The molecule has 0 aromatic heterocycles. The summed E-state index contributed by atoms with van der Waals surface area (Å²) in [5.41, 5.74) is 1.44. The molecule has 0 N–H and O–H groups in total. The standard InChI is InChI=1S/C13H15F2O/c1-5-9-6-10(13(2,3)4)8-11(7-9)16-12(14)15/h6-8,12H,1H2,2-4H3. The number of halogens is 2. The van der Waals surface area contributed by atoms with Crippen molar-refractivity contribution in [1.29, 1.82) is 0 Å². The van der Waals surface area contributed by atoms with E-state index in [9.17, 15) is 8.78 Å². The molecule has 0 saturated carbocycles. The lowest BCUT2D eigenvalue weighted by atomic mass is 9.86. The van der Waals surface area contributed by atoms with Crippen molar-refractivity contribution in [3.63, 3.8) is 0 Å². The van der Waals surface area contributed by atoms with E-state index in [4.69, 9.17) is 0 Å². The van der Waals surface area contributed by atoms with Crippen molar-refractivity contribution >= 4 is 0 Å². The molecule has 1 rings (SSSR count). The van der Waals surface area contributed by atoms with Crippen molar-refractivity contribution in [2.45, 2.75) is 32.8 Å². The lowest BCUT2D eigenvalue weighted by molar-refractivity contribution is -0.0499. The van der Waals surface area contributed by atoms with Crippen molar-refractivity contribution in [2.75, 3.05) is 0 Å². The number of ether oxygens (including phenoxy) is 1. The van der Waals surface area contributed by atoms with E-state index < -0.39 is 6.61 Å². The van der Waals surface area contributed by atoms with Gasteiger partial charge in [0.1, 0.15) is 5.75 Å². The highest BCUT2D eigenvalue weighted by atomic mass is 19.3. The molecule has 87 valence electrons. The first-order valence-corrected chi connectivity index (χ1v) is 4.96. The Morgan fingerprint density at radius 2 is 1.88 bits per heavy atom. The van der Waals surface area contributed by atoms with Crippen LogP contribution in [0.3, 0.4) is 0 Å². The van der Waals surface area contributed by atoms with Crippen molar-refractivity contribution in [3.8, 4) is 5.75 Å². The van der Waals surface area contributed by atoms with Crippen LogP contribution in [0.5, 0.6) is 5.75 Å². The Bertz CT molecular complexity index is 378. The monoisotopic (exact) mass is 225 g/mol. The summed E-state index contributed by atoms with van der Waals surface area (Å²) in [5.74, 6) is 0.147. The molecule has 0 aliphatic carbocycles. The van der Waals surface area contributed by atoms with E-state index in [0.717, 1.165) is 5.56 Å². The summed E-state index contributed by atoms with van der Waals surface area (Å²) in [6.45, 7) is 6.70. The zero-order valence-electron chi connectivity index (χ0n) is 9.68. The van der Waals surface area contributed by atoms with Crippen LogP contribution < -0.4 is 4.74 Å². The zero-order chi connectivity index (χ0) is 12.3. The molecule has 0 aliphatic rings. The van der Waals surface area contributed by atoms with Crippen molar-refractivity contribution in [2.24, 2.45) is 0 Å². The van der Waals surface area contributed by atoms with Gasteiger partial charge in [0, 0.05) is 0 Å². The zero-order valence-corrected chi connectivity index (χ0v) is 9.68. The van der Waals surface area contributed by atoms with Gasteiger partial charge in [0.25, 0.3) is 0 Å². The summed E-state index contributed by atoms with van der Waals surface area (Å²) in [7, 11) is 0. The fourth-order valence-corrected chi connectivity index (χ4v) is 1.31. The van der Waals surface area contributed by atoms with Crippen LogP contribution in [0.2, 0.25) is 0 Å². The maximum atomic E-state index is 12.1. The van der Waals surface area contributed by atoms with Gasteiger partial charge in [0.2, 0.25) is 0 Å². The van der Waals surface area contributed by atoms with Gasteiger partial charge in [-0.05, 0) is 34.8 Å². The lowest BCUT2D eigenvalue weighted by Crippen LogP contribution is -2.12. The molecule has 1 aromatic rings. The first kappa shape index (κ1) is 12.7. The van der Waals surface area contributed by atoms with Gasteiger partial charge in [-0.1, -0.05) is 33.4 Å². The summed E-state index contributed by atoms with van der Waals surface area (Å²) in [6, 6.07) is 4.98. The molecule has 0 spiro atoms. The molecule has 16 heavy (non-hydrogen) atoms. The van der Waals surface area contributed by atoms with Crippen LogP contribution in [0.4, 0.5) is 8.78 Å². The fraction of sp³-hybridized carbons (Fsp3) is 0.385. The Labute approximate surface area is 94.7 Å². The molecule has 0 atom stereocenters. The van der Waals surface area contributed by atoms with Crippen molar-refractivity contribution in [3.05, 3.63) is 42.0 Å². The Balaban J connectivity index is 3.16. The number of benzene rings is 1. The summed E-state index contributed by atoms with van der Waals surface area (Å²) in [6.07, 6.45) is 2.68. The van der Waals surface area contributed by atoms with Crippen LogP contribution in [0.25, 0.3) is 0 Å². The van der Waals surface area contributed by atoms with Crippen molar-refractivity contribution < 1.29 is 13.5 Å². The molecule has 0 saturated heterocycles. The average Bonchev–Trinajstić information content (AvgIpc) is 2.14. The molecule has 0 bridgehead atoms. The molecular formula is C13H15F2O. The third-order valence-corrected chi connectivity index (χ3v) is 2.20. The minimum absolute atomic E-state index is 0.132. The van der Waals surface area contributed by atoms with E-state index in [2.05, 4.69) is 17.4 Å². The largest absolute Gasteiger partial charge is 0.435 e. The maximum Gasteiger partial charge on any atom is 0.387 e. The van der Waals surface area contributed by atoms with Gasteiger partial charge in [-0.2, -0.15) is 8.78 Å². The number of alkyl halides is 2. The van der Waals surface area contributed by atoms with E-state index in [1.165, 1.54) is 6.07 Å². The van der Waals surface area contributed by atoms with Gasteiger partial charge >= 0.3 is 6.61 Å². The van der Waals surface area contributed by atoms with Gasteiger partial charge in [0.05, 0.1) is 0 Å². The molecule has 0 heterocycles. The number of hydrogen-bond donors (Lipinski definition) is 0. The molecule has 0 aliphatic heterocycles. The van der Waals surface area contributed by atoms with E-state index in [1.54, 1.807) is 6.07 Å². The van der Waals surface area contributed by atoms with Gasteiger partial charge in [-0.25, -0.2) is 0 Å². The number of rotatable bonds is 3. The van der Waals surface area contributed by atoms with E-state index in [0.29, 0.717) is 5.56 Å². The number of hydrogen-bond acceptors (Lipinski definition) is 1. The van der Waals surface area contributed by atoms with Gasteiger partial charge < -0.3 is 4.74 Å². The van der Waals surface area contributed by atoms with E-state index in [-0.39, 0.29) is 11.2 Å². The van der Waals surface area contributed by atoms with Gasteiger partial charge in [-0.3, -0.25) is 0 Å². The summed E-state index contributed by atoms with van der Waals surface area (Å²) in [4.78, 5) is 0. The van der Waals surface area contributed by atoms with Crippen LogP contribution >= 0.6 is 0 Å². The topological polar surface area (TPSA) is 9.23 Å². The Morgan fingerprint density at radius 1 is 1.25 bits per heavy atom. The van der Waals surface area contributed by atoms with Crippen LogP contribution in [0.1, 0.15) is 31.9 Å². The third kappa shape index (κ3) is 3.33. The molecule has 3 heteroatoms. The molecule has 1 aromatic carbocycles. The third-order valence-electron chi connectivity index (χ3n) is 2.20. The highest BCUT2D eigenvalue weighted by Crippen LogP contribution is 2.28. The average molecular weight is 225 g/mol. The Kier molecular flexibility index (Phi) is 3.68. The second kappa shape index (κ2) is 4.64. The normalized spacial score (nSPS) is 11.6. The molecule has 0 fully saturated rings. The van der Waals surface area contributed by atoms with Crippen LogP contribution in [-0.4, -0.2) is 6.61 Å². The van der Waals surface area contributed by atoms with Crippen LogP contribution in [-0.2, 0) is 5.41 Å². The highest BCUT2D eigenvalue weighted by molar-refractivity contribution is 5.39. The smallest absolute Gasteiger partial charge is 0.387 e. The Morgan fingerprint density at radius 3 is 2.31 bits per heavy atom. The lowest BCUT2D eigenvalue weighted by Gasteiger charge is -2.20. The van der Waals surface area contributed by atoms with E-state index >= 15 is 0 Å². The van der Waals surface area contributed by atoms with Crippen molar-refractivity contribution in [1.82, 2.24) is 0 Å². The Hall–Kier alpha value is -1.38. The second-order valence-corrected chi connectivity index (χ2v) is 4.55. The molecule has 0 unspecified atom stereocenters. The highest BCUT2D eigenvalue weighted by Gasteiger charge is 2.16. The molecule has 1 radical (unpaired) electrons. The molecular weight excluding hydrogens is 210 g/mol. The van der Waals surface area contributed by atoms with Crippen LogP contribution in [0, 0.1) is 6.08 Å². The van der Waals surface area contributed by atoms with E-state index in [1.807, 2.05) is 26.8 Å². The molecule has 0 amide bonds. The fourth-order valence-electron chi connectivity index (χ4n) is 1.31. The SMILES string of the molecule is C=[C]c1cc(OC(F)F)cc(C(C)(C)C)c1. The second-order valence-electron chi connectivity index (χ2n) is 4.55. The van der Waals surface area contributed by atoms with Gasteiger partial charge in [0.15, 0.2) is 0 Å².